The van der Waals surface area contributed by atoms with Gasteiger partial charge in [0, 0.05) is 26.2 Å². The summed E-state index contributed by atoms with van der Waals surface area (Å²) in [5.74, 6) is 0. The molecule has 1 atom stereocenters. The molecular weight excluding hydrogens is 311 g/mol. The summed E-state index contributed by atoms with van der Waals surface area (Å²) in [6.45, 7) is 0. The number of aryl methyl sites for hydroxylation is 2. The number of aliphatic hydroxyl groups excluding tert-OH is 1. The van der Waals surface area contributed by atoms with Crippen molar-refractivity contribution >= 4 is 34.5 Å². The molecule has 0 spiro atoms. The zero-order chi connectivity index (χ0) is 14.1. The fourth-order valence-electron chi connectivity index (χ4n) is 2.67. The zero-order valence-electron chi connectivity index (χ0n) is 11.0. The molecule has 1 aromatic heterocycles. The fourth-order valence-corrected chi connectivity index (χ4v) is 4.40. The third-order valence-electron chi connectivity index (χ3n) is 3.77. The number of hydrogen-bond acceptors (Lipinski definition) is 2. The third-order valence-corrected chi connectivity index (χ3v) is 5.70. The van der Waals surface area contributed by atoms with E-state index in [1.54, 1.807) is 17.4 Å². The van der Waals surface area contributed by atoms with Crippen LogP contribution in [0.3, 0.4) is 0 Å². The summed E-state index contributed by atoms with van der Waals surface area (Å²) in [7, 11) is 0. The fraction of sp³-hybridized carbons (Fsp3) is 0.375. The molecule has 1 aliphatic rings. The Labute approximate surface area is 133 Å². The molecule has 0 amide bonds. The predicted molar refractivity (Wildman–Crippen MR) is 86.1 cm³/mol. The van der Waals surface area contributed by atoms with Crippen LogP contribution in [0.25, 0.3) is 0 Å². The van der Waals surface area contributed by atoms with Gasteiger partial charge in [-0.05, 0) is 55.0 Å². The second-order valence-corrected chi connectivity index (χ2v) is 7.27. The summed E-state index contributed by atoms with van der Waals surface area (Å²) >= 11 is 13.8. The summed E-state index contributed by atoms with van der Waals surface area (Å²) < 4.78 is 0. The van der Waals surface area contributed by atoms with E-state index < -0.39 is 6.10 Å². The molecule has 1 heterocycles. The molecule has 2 aromatic rings. The maximum absolute atomic E-state index is 10.4. The minimum Gasteiger partial charge on any atom is -0.387 e. The number of fused-ring (bicyclic) bond motifs is 1. The van der Waals surface area contributed by atoms with Crippen LogP contribution in [0.2, 0.25) is 10.0 Å². The second kappa shape index (κ2) is 6.07. The van der Waals surface area contributed by atoms with Crippen molar-refractivity contribution < 1.29 is 5.11 Å². The van der Waals surface area contributed by atoms with E-state index in [0.717, 1.165) is 23.3 Å². The van der Waals surface area contributed by atoms with E-state index in [1.165, 1.54) is 23.3 Å². The van der Waals surface area contributed by atoms with E-state index in [1.807, 2.05) is 12.1 Å². The van der Waals surface area contributed by atoms with Crippen LogP contribution in [0.4, 0.5) is 0 Å². The summed E-state index contributed by atoms with van der Waals surface area (Å²) in [6, 6.07) is 7.61. The van der Waals surface area contributed by atoms with Crippen LogP contribution >= 0.6 is 34.5 Å². The van der Waals surface area contributed by atoms with E-state index in [-0.39, 0.29) is 0 Å². The molecule has 106 valence electrons. The van der Waals surface area contributed by atoms with Gasteiger partial charge in [0.25, 0.3) is 0 Å². The molecule has 1 N–H and O–H groups in total. The van der Waals surface area contributed by atoms with Gasteiger partial charge in [-0.1, -0.05) is 29.3 Å². The Morgan fingerprint density at radius 1 is 1.15 bits per heavy atom. The van der Waals surface area contributed by atoms with E-state index >= 15 is 0 Å². The number of thiophene rings is 1. The van der Waals surface area contributed by atoms with Gasteiger partial charge >= 0.3 is 0 Å². The number of benzene rings is 1. The van der Waals surface area contributed by atoms with Crippen molar-refractivity contribution in [1.29, 1.82) is 0 Å². The lowest BCUT2D eigenvalue weighted by molar-refractivity contribution is 0.182. The Hall–Kier alpha value is -0.540. The van der Waals surface area contributed by atoms with Crippen molar-refractivity contribution in [2.75, 3.05) is 0 Å². The van der Waals surface area contributed by atoms with Gasteiger partial charge in [-0.3, -0.25) is 0 Å². The Balaban J connectivity index is 1.78. The number of hydrogen-bond donors (Lipinski definition) is 1. The van der Waals surface area contributed by atoms with Crippen LogP contribution in [0.15, 0.2) is 24.3 Å². The maximum atomic E-state index is 10.4. The van der Waals surface area contributed by atoms with Crippen molar-refractivity contribution in [3.8, 4) is 0 Å². The Kier molecular flexibility index (Phi) is 4.37. The van der Waals surface area contributed by atoms with Gasteiger partial charge in [0.1, 0.15) is 0 Å². The summed E-state index contributed by atoms with van der Waals surface area (Å²) in [6.07, 6.45) is 4.91. The van der Waals surface area contributed by atoms with E-state index in [9.17, 15) is 5.11 Å². The molecule has 0 aliphatic heterocycles. The smallest absolute Gasteiger partial charge is 0.0922 e. The largest absolute Gasteiger partial charge is 0.387 e. The number of halogens is 2. The highest BCUT2D eigenvalue weighted by Crippen LogP contribution is 2.35. The lowest BCUT2D eigenvalue weighted by Gasteiger charge is -2.10. The molecule has 1 aliphatic carbocycles. The maximum Gasteiger partial charge on any atom is 0.0922 e. The van der Waals surface area contributed by atoms with Gasteiger partial charge in [-0.15, -0.1) is 11.3 Å². The van der Waals surface area contributed by atoms with Gasteiger partial charge in [0.15, 0.2) is 0 Å². The first kappa shape index (κ1) is 14.4. The molecule has 0 fully saturated rings. The third kappa shape index (κ3) is 3.04. The number of aliphatic hydroxyl groups is 1. The minimum absolute atomic E-state index is 0.482. The molecule has 3 rings (SSSR count). The SMILES string of the molecule is OC(Cc1ccc(Cl)cc1Cl)c1cc2c(s1)CCCC2. The van der Waals surface area contributed by atoms with Gasteiger partial charge in [-0.2, -0.15) is 0 Å². The van der Waals surface area contributed by atoms with Crippen molar-refractivity contribution in [2.24, 2.45) is 0 Å². The van der Waals surface area contributed by atoms with Crippen molar-refractivity contribution in [3.63, 3.8) is 0 Å². The number of rotatable bonds is 3. The highest BCUT2D eigenvalue weighted by molar-refractivity contribution is 7.12. The molecule has 1 aromatic carbocycles. The summed E-state index contributed by atoms with van der Waals surface area (Å²) in [5, 5.41) is 11.7. The van der Waals surface area contributed by atoms with E-state index in [4.69, 9.17) is 23.2 Å². The van der Waals surface area contributed by atoms with Gasteiger partial charge < -0.3 is 5.11 Å². The minimum atomic E-state index is -0.482. The summed E-state index contributed by atoms with van der Waals surface area (Å²) in [4.78, 5) is 2.51. The van der Waals surface area contributed by atoms with Crippen LogP contribution in [0.5, 0.6) is 0 Å². The topological polar surface area (TPSA) is 20.2 Å². The lowest BCUT2D eigenvalue weighted by Crippen LogP contribution is -2.00. The average Bonchev–Trinajstić information content (AvgIpc) is 2.86. The molecule has 1 nitrogen and oxygen atoms in total. The normalized spacial score (nSPS) is 15.9. The van der Waals surface area contributed by atoms with Crippen molar-refractivity contribution in [1.82, 2.24) is 0 Å². The standard InChI is InChI=1S/C16H16Cl2OS/c17-12-6-5-10(13(18)9-12)7-14(19)16-8-11-3-1-2-4-15(11)20-16/h5-6,8-9,14,19H,1-4,7H2. The monoisotopic (exact) mass is 326 g/mol. The molecule has 1 unspecified atom stereocenters. The Morgan fingerprint density at radius 3 is 2.70 bits per heavy atom. The Bertz CT molecular complexity index is 597. The van der Waals surface area contributed by atoms with Crippen LogP contribution in [0.1, 0.15) is 39.8 Å². The highest BCUT2D eigenvalue weighted by atomic mass is 35.5. The molecule has 20 heavy (non-hydrogen) atoms. The van der Waals surface area contributed by atoms with Crippen LogP contribution in [-0.2, 0) is 19.3 Å². The molecular formula is C16H16Cl2OS. The van der Waals surface area contributed by atoms with Crippen molar-refractivity contribution in [2.45, 2.75) is 38.2 Å². The van der Waals surface area contributed by atoms with Crippen molar-refractivity contribution in [3.05, 3.63) is 55.2 Å². The van der Waals surface area contributed by atoms with Crippen LogP contribution in [0, 0.1) is 0 Å². The first-order chi connectivity index (χ1) is 9.63. The van der Waals surface area contributed by atoms with Crippen LogP contribution < -0.4 is 0 Å². The first-order valence-electron chi connectivity index (χ1n) is 6.87. The van der Waals surface area contributed by atoms with E-state index in [0.29, 0.717) is 16.5 Å². The second-order valence-electron chi connectivity index (χ2n) is 5.26. The van der Waals surface area contributed by atoms with Gasteiger partial charge in [-0.25, -0.2) is 0 Å². The molecule has 0 saturated heterocycles. The van der Waals surface area contributed by atoms with Gasteiger partial charge in [0.2, 0.25) is 0 Å². The molecule has 0 bridgehead atoms. The van der Waals surface area contributed by atoms with Crippen LogP contribution in [-0.4, -0.2) is 5.11 Å². The highest BCUT2D eigenvalue weighted by Gasteiger charge is 2.18. The predicted octanol–water partition coefficient (Wildman–Crippen LogP) is 5.21. The lowest BCUT2D eigenvalue weighted by atomic mass is 9.98. The summed E-state index contributed by atoms with van der Waals surface area (Å²) in [5.41, 5.74) is 2.37. The Morgan fingerprint density at radius 2 is 1.95 bits per heavy atom. The zero-order valence-corrected chi connectivity index (χ0v) is 13.4. The molecule has 4 heteroatoms. The average molecular weight is 327 g/mol. The van der Waals surface area contributed by atoms with Gasteiger partial charge in [0.05, 0.1) is 6.10 Å². The van der Waals surface area contributed by atoms with E-state index in [2.05, 4.69) is 6.07 Å². The molecule has 0 saturated carbocycles. The molecule has 0 radical (unpaired) electrons. The quantitative estimate of drug-likeness (QED) is 0.820. The first-order valence-corrected chi connectivity index (χ1v) is 8.44.